The minimum atomic E-state index is 0.441. The predicted octanol–water partition coefficient (Wildman–Crippen LogP) is 2.05. The topological polar surface area (TPSA) is 63.8 Å². The van der Waals surface area contributed by atoms with Crippen LogP contribution in [-0.4, -0.2) is 9.97 Å². The molecule has 2 aromatic rings. The van der Waals surface area contributed by atoms with Gasteiger partial charge in [-0.15, -0.1) is 0 Å². The van der Waals surface area contributed by atoms with Gasteiger partial charge in [0.25, 0.3) is 0 Å². The average molecular weight is 214 g/mol. The van der Waals surface area contributed by atoms with Crippen molar-refractivity contribution in [2.45, 2.75) is 13.8 Å². The van der Waals surface area contributed by atoms with Crippen molar-refractivity contribution in [3.63, 3.8) is 0 Å². The van der Waals surface area contributed by atoms with Gasteiger partial charge in [0.15, 0.2) is 0 Å². The molecule has 0 saturated carbocycles. The third-order valence-corrected chi connectivity index (χ3v) is 2.30. The van der Waals surface area contributed by atoms with E-state index in [1.165, 1.54) is 5.56 Å². The number of benzene rings is 1. The Morgan fingerprint density at radius 2 is 1.94 bits per heavy atom. The van der Waals surface area contributed by atoms with Crippen molar-refractivity contribution < 1.29 is 0 Å². The Morgan fingerprint density at radius 3 is 2.62 bits per heavy atom. The lowest BCUT2D eigenvalue weighted by atomic mass is 10.1. The van der Waals surface area contributed by atoms with Crippen molar-refractivity contribution in [2.24, 2.45) is 5.84 Å². The number of nitrogens with two attached hydrogens (primary N) is 1. The summed E-state index contributed by atoms with van der Waals surface area (Å²) >= 11 is 0. The third-order valence-electron chi connectivity index (χ3n) is 2.30. The lowest BCUT2D eigenvalue weighted by Crippen LogP contribution is -2.11. The van der Waals surface area contributed by atoms with Crippen LogP contribution >= 0.6 is 0 Å². The van der Waals surface area contributed by atoms with Gasteiger partial charge in [0, 0.05) is 11.3 Å². The summed E-state index contributed by atoms with van der Waals surface area (Å²) in [7, 11) is 0. The van der Waals surface area contributed by atoms with Crippen molar-refractivity contribution in [3.05, 3.63) is 41.6 Å². The molecule has 1 aromatic heterocycles. The van der Waals surface area contributed by atoms with Crippen molar-refractivity contribution in [1.29, 1.82) is 0 Å². The van der Waals surface area contributed by atoms with Crippen molar-refractivity contribution in [1.82, 2.24) is 9.97 Å². The molecule has 2 rings (SSSR count). The molecule has 0 unspecified atom stereocenters. The van der Waals surface area contributed by atoms with Gasteiger partial charge >= 0.3 is 0 Å². The normalized spacial score (nSPS) is 10.2. The number of hydrogen-bond donors (Lipinski definition) is 2. The van der Waals surface area contributed by atoms with E-state index in [0.29, 0.717) is 5.95 Å². The maximum Gasteiger partial charge on any atom is 0.237 e. The molecule has 82 valence electrons. The molecule has 1 aromatic carbocycles. The maximum atomic E-state index is 5.32. The molecular weight excluding hydrogens is 200 g/mol. The van der Waals surface area contributed by atoms with Crippen LogP contribution in [0.3, 0.4) is 0 Å². The first kappa shape index (κ1) is 10.6. The van der Waals surface area contributed by atoms with Gasteiger partial charge in [-0.25, -0.2) is 15.8 Å². The van der Waals surface area contributed by atoms with Gasteiger partial charge in [-0.2, -0.15) is 0 Å². The number of nitrogens with zero attached hydrogens (tertiary/aromatic N) is 2. The second-order valence-corrected chi connectivity index (χ2v) is 3.73. The van der Waals surface area contributed by atoms with E-state index in [2.05, 4.69) is 34.5 Å². The number of nitrogen functional groups attached to an aromatic ring is 1. The molecule has 0 saturated heterocycles. The van der Waals surface area contributed by atoms with E-state index in [0.717, 1.165) is 17.0 Å². The molecule has 0 aliphatic rings. The molecule has 4 heteroatoms. The Morgan fingerprint density at radius 1 is 1.12 bits per heavy atom. The van der Waals surface area contributed by atoms with Crippen LogP contribution in [0.2, 0.25) is 0 Å². The molecule has 0 spiro atoms. The highest BCUT2D eigenvalue weighted by Gasteiger charge is 2.03. The number of rotatable bonds is 2. The molecule has 1 heterocycles. The monoisotopic (exact) mass is 214 g/mol. The first-order chi connectivity index (χ1) is 7.69. The van der Waals surface area contributed by atoms with Crippen LogP contribution in [0.4, 0.5) is 5.95 Å². The minimum absolute atomic E-state index is 0.441. The molecule has 0 amide bonds. The number of anilines is 1. The average Bonchev–Trinajstić information content (AvgIpc) is 2.28. The van der Waals surface area contributed by atoms with E-state index in [-0.39, 0.29) is 0 Å². The highest BCUT2D eigenvalue weighted by atomic mass is 15.3. The van der Waals surface area contributed by atoms with Gasteiger partial charge in [0.2, 0.25) is 5.95 Å². The Bertz CT molecular complexity index is 508. The Hall–Kier alpha value is -1.94. The Kier molecular flexibility index (Phi) is 2.83. The van der Waals surface area contributed by atoms with Gasteiger partial charge in [-0.1, -0.05) is 23.8 Å². The highest BCUT2D eigenvalue weighted by molar-refractivity contribution is 5.61. The van der Waals surface area contributed by atoms with E-state index in [4.69, 9.17) is 5.84 Å². The Balaban J connectivity index is 2.51. The van der Waals surface area contributed by atoms with Crippen LogP contribution in [-0.2, 0) is 0 Å². The molecule has 0 atom stereocenters. The molecule has 0 aliphatic carbocycles. The zero-order valence-corrected chi connectivity index (χ0v) is 9.36. The van der Waals surface area contributed by atoms with E-state index in [9.17, 15) is 0 Å². The van der Waals surface area contributed by atoms with Gasteiger partial charge < -0.3 is 0 Å². The number of hydrazine groups is 1. The second kappa shape index (κ2) is 4.28. The van der Waals surface area contributed by atoms with Gasteiger partial charge in [0.1, 0.15) is 0 Å². The number of aromatic nitrogens is 2. The van der Waals surface area contributed by atoms with Crippen molar-refractivity contribution in [3.8, 4) is 11.3 Å². The van der Waals surface area contributed by atoms with Crippen LogP contribution in [0.1, 0.15) is 11.3 Å². The third kappa shape index (κ3) is 2.17. The van der Waals surface area contributed by atoms with Crippen molar-refractivity contribution in [2.75, 3.05) is 5.43 Å². The predicted molar refractivity (Wildman–Crippen MR) is 64.8 cm³/mol. The summed E-state index contributed by atoms with van der Waals surface area (Å²) in [5.41, 5.74) is 6.51. The molecule has 0 radical (unpaired) electrons. The summed E-state index contributed by atoms with van der Waals surface area (Å²) in [6.07, 6.45) is 0. The summed E-state index contributed by atoms with van der Waals surface area (Å²) in [5.74, 6) is 5.76. The standard InChI is InChI=1S/C12H14N4/c1-8-4-3-5-10(6-8)11-7-9(2)14-12(15-11)16-13/h3-7H,13H2,1-2H3,(H,14,15,16). The quantitative estimate of drug-likeness (QED) is 0.593. The van der Waals surface area contributed by atoms with Crippen LogP contribution in [0.25, 0.3) is 11.3 Å². The molecule has 4 nitrogen and oxygen atoms in total. The van der Waals surface area contributed by atoms with E-state index >= 15 is 0 Å². The van der Waals surface area contributed by atoms with Crippen LogP contribution < -0.4 is 11.3 Å². The molecule has 3 N–H and O–H groups in total. The van der Waals surface area contributed by atoms with E-state index in [1.807, 2.05) is 25.1 Å². The minimum Gasteiger partial charge on any atom is -0.292 e. The zero-order valence-electron chi connectivity index (χ0n) is 9.36. The number of hydrogen-bond acceptors (Lipinski definition) is 4. The first-order valence-electron chi connectivity index (χ1n) is 5.08. The lowest BCUT2D eigenvalue weighted by Gasteiger charge is -2.05. The van der Waals surface area contributed by atoms with Crippen LogP contribution in [0.5, 0.6) is 0 Å². The summed E-state index contributed by atoms with van der Waals surface area (Å²) in [6, 6.07) is 10.1. The number of nitrogens with one attached hydrogen (secondary N) is 1. The Labute approximate surface area is 94.5 Å². The zero-order chi connectivity index (χ0) is 11.5. The second-order valence-electron chi connectivity index (χ2n) is 3.73. The van der Waals surface area contributed by atoms with Gasteiger partial charge in [-0.05, 0) is 26.0 Å². The van der Waals surface area contributed by atoms with Gasteiger partial charge in [0.05, 0.1) is 5.69 Å². The van der Waals surface area contributed by atoms with Gasteiger partial charge in [-0.3, -0.25) is 5.43 Å². The lowest BCUT2D eigenvalue weighted by molar-refractivity contribution is 1.08. The fraction of sp³-hybridized carbons (Fsp3) is 0.167. The summed E-state index contributed by atoms with van der Waals surface area (Å²) in [5, 5.41) is 0. The summed E-state index contributed by atoms with van der Waals surface area (Å²) in [4.78, 5) is 8.47. The fourth-order valence-electron chi connectivity index (χ4n) is 1.59. The van der Waals surface area contributed by atoms with Crippen molar-refractivity contribution >= 4 is 5.95 Å². The van der Waals surface area contributed by atoms with Crippen LogP contribution in [0, 0.1) is 13.8 Å². The molecule has 16 heavy (non-hydrogen) atoms. The summed E-state index contributed by atoms with van der Waals surface area (Å²) < 4.78 is 0. The SMILES string of the molecule is Cc1cccc(-c2cc(C)nc(NN)n2)c1. The van der Waals surface area contributed by atoms with E-state index < -0.39 is 0 Å². The summed E-state index contributed by atoms with van der Waals surface area (Å²) in [6.45, 7) is 3.97. The maximum absolute atomic E-state index is 5.32. The molecule has 0 bridgehead atoms. The van der Waals surface area contributed by atoms with Crippen LogP contribution in [0.15, 0.2) is 30.3 Å². The molecular formula is C12H14N4. The molecule has 0 fully saturated rings. The highest BCUT2D eigenvalue weighted by Crippen LogP contribution is 2.19. The fourth-order valence-corrected chi connectivity index (χ4v) is 1.59. The smallest absolute Gasteiger partial charge is 0.237 e. The molecule has 0 aliphatic heterocycles. The number of aryl methyl sites for hydroxylation is 2. The largest absolute Gasteiger partial charge is 0.292 e. The first-order valence-corrected chi connectivity index (χ1v) is 5.08. The van der Waals surface area contributed by atoms with E-state index in [1.54, 1.807) is 0 Å².